The Balaban J connectivity index is 2.95. The van der Waals surface area contributed by atoms with E-state index in [4.69, 9.17) is 4.74 Å². The van der Waals surface area contributed by atoms with E-state index in [1.54, 1.807) is 17.7 Å². The summed E-state index contributed by atoms with van der Waals surface area (Å²) in [6, 6.07) is 3.51. The van der Waals surface area contributed by atoms with E-state index in [0.29, 0.717) is 12.5 Å². The number of ether oxygens (including phenoxy) is 1. The van der Waals surface area contributed by atoms with Crippen molar-refractivity contribution in [3.63, 3.8) is 0 Å². The largest absolute Gasteiger partial charge is 0.380 e. The third kappa shape index (κ3) is 3.20. The number of aromatic nitrogens is 1. The molecule has 0 N–H and O–H groups in total. The van der Waals surface area contributed by atoms with Gasteiger partial charge in [0.25, 0.3) is 5.56 Å². The maximum absolute atomic E-state index is 11.6. The molecule has 0 spiro atoms. The molecule has 0 saturated carbocycles. The molecule has 1 heterocycles. The lowest BCUT2D eigenvalue weighted by molar-refractivity contribution is 0.102. The van der Waals surface area contributed by atoms with Crippen molar-refractivity contribution >= 4 is 0 Å². The van der Waals surface area contributed by atoms with E-state index in [9.17, 15) is 4.79 Å². The Morgan fingerprint density at radius 1 is 1.33 bits per heavy atom. The van der Waals surface area contributed by atoms with Crippen molar-refractivity contribution < 1.29 is 4.74 Å². The fourth-order valence-corrected chi connectivity index (χ4v) is 1.39. The Morgan fingerprint density at radius 3 is 2.53 bits per heavy atom. The smallest absolute Gasteiger partial charge is 0.250 e. The minimum atomic E-state index is 0.0308. The van der Waals surface area contributed by atoms with Crippen molar-refractivity contribution in [2.24, 2.45) is 0 Å². The molecule has 84 valence electrons. The molecule has 1 aromatic rings. The fraction of sp³-hybridized carbons (Fsp3) is 0.583. The molecule has 0 radical (unpaired) electrons. The first-order valence-corrected chi connectivity index (χ1v) is 5.27. The summed E-state index contributed by atoms with van der Waals surface area (Å²) < 4.78 is 6.86. The molecule has 1 unspecified atom stereocenters. The summed E-state index contributed by atoms with van der Waals surface area (Å²) in [5.74, 6) is 0.440. The third-order valence-corrected chi connectivity index (χ3v) is 2.53. The predicted octanol–water partition coefficient (Wildman–Crippen LogP) is 2.01. The number of nitrogens with zero attached hydrogens (tertiary/aromatic N) is 1. The average molecular weight is 209 g/mol. The van der Waals surface area contributed by atoms with Crippen LogP contribution in [0.3, 0.4) is 0 Å². The normalized spacial score (nSPS) is 13.1. The Labute approximate surface area is 90.7 Å². The Bertz CT molecular complexity index is 368. The van der Waals surface area contributed by atoms with Gasteiger partial charge in [-0.05, 0) is 18.4 Å². The van der Waals surface area contributed by atoms with Gasteiger partial charge in [0.05, 0.1) is 12.6 Å². The lowest BCUT2D eigenvalue weighted by Crippen LogP contribution is -2.25. The first-order chi connectivity index (χ1) is 7.04. The maximum Gasteiger partial charge on any atom is 0.250 e. The molecule has 0 amide bonds. The quantitative estimate of drug-likeness (QED) is 0.759. The summed E-state index contributed by atoms with van der Waals surface area (Å²) in [6.45, 7) is 6.79. The van der Waals surface area contributed by atoms with E-state index < -0.39 is 0 Å². The van der Waals surface area contributed by atoms with Crippen LogP contribution in [-0.4, -0.2) is 17.8 Å². The topological polar surface area (TPSA) is 31.2 Å². The van der Waals surface area contributed by atoms with Crippen LogP contribution in [0.4, 0.5) is 0 Å². The van der Waals surface area contributed by atoms with Gasteiger partial charge in [-0.1, -0.05) is 19.9 Å². The molecule has 0 bridgehead atoms. The van der Waals surface area contributed by atoms with Crippen LogP contribution in [0, 0.1) is 0 Å². The molecule has 1 aromatic heterocycles. The molecular weight excluding hydrogens is 190 g/mol. The van der Waals surface area contributed by atoms with Crippen molar-refractivity contribution in [2.45, 2.75) is 39.3 Å². The second-order valence-corrected chi connectivity index (χ2v) is 4.15. The predicted molar refractivity (Wildman–Crippen MR) is 61.3 cm³/mol. The zero-order valence-electron chi connectivity index (χ0n) is 9.86. The monoisotopic (exact) mass is 209 g/mol. The van der Waals surface area contributed by atoms with Crippen LogP contribution in [0.15, 0.2) is 23.1 Å². The molecule has 0 aliphatic heterocycles. The van der Waals surface area contributed by atoms with Gasteiger partial charge in [0.1, 0.15) is 0 Å². The van der Waals surface area contributed by atoms with E-state index in [-0.39, 0.29) is 11.7 Å². The highest BCUT2D eigenvalue weighted by molar-refractivity contribution is 5.13. The van der Waals surface area contributed by atoms with Gasteiger partial charge in [-0.15, -0.1) is 0 Å². The standard InChI is InChI=1S/C12H19NO2/c1-9(2)11-5-6-12(14)13(8-11)7-10(3)15-4/h5-6,8-10H,7H2,1-4H3. The van der Waals surface area contributed by atoms with Crippen molar-refractivity contribution in [2.75, 3.05) is 7.11 Å². The molecular formula is C12H19NO2. The van der Waals surface area contributed by atoms with Gasteiger partial charge in [0.15, 0.2) is 0 Å². The number of rotatable bonds is 4. The van der Waals surface area contributed by atoms with E-state index in [0.717, 1.165) is 0 Å². The van der Waals surface area contributed by atoms with Crippen LogP contribution in [-0.2, 0) is 11.3 Å². The molecule has 0 fully saturated rings. The molecule has 3 nitrogen and oxygen atoms in total. The van der Waals surface area contributed by atoms with Crippen LogP contribution < -0.4 is 5.56 Å². The zero-order chi connectivity index (χ0) is 11.4. The van der Waals surface area contributed by atoms with E-state index >= 15 is 0 Å². The second-order valence-electron chi connectivity index (χ2n) is 4.15. The summed E-state index contributed by atoms with van der Waals surface area (Å²) in [5, 5.41) is 0. The number of methoxy groups -OCH3 is 1. The Hall–Kier alpha value is -1.09. The van der Waals surface area contributed by atoms with Crippen LogP contribution in [0.5, 0.6) is 0 Å². The van der Waals surface area contributed by atoms with Crippen LogP contribution >= 0.6 is 0 Å². The van der Waals surface area contributed by atoms with Crippen LogP contribution in [0.2, 0.25) is 0 Å². The molecule has 0 aromatic carbocycles. The summed E-state index contributed by atoms with van der Waals surface area (Å²) in [7, 11) is 1.65. The summed E-state index contributed by atoms with van der Waals surface area (Å²) in [6.07, 6.45) is 1.98. The van der Waals surface area contributed by atoms with Gasteiger partial charge < -0.3 is 9.30 Å². The van der Waals surface area contributed by atoms with Crippen molar-refractivity contribution in [3.05, 3.63) is 34.2 Å². The first kappa shape index (κ1) is 12.0. The highest BCUT2D eigenvalue weighted by Crippen LogP contribution is 2.11. The molecule has 1 rings (SSSR count). The zero-order valence-corrected chi connectivity index (χ0v) is 9.86. The van der Waals surface area contributed by atoms with Gasteiger partial charge in [0, 0.05) is 19.4 Å². The highest BCUT2D eigenvalue weighted by Gasteiger charge is 2.05. The van der Waals surface area contributed by atoms with E-state index in [1.807, 2.05) is 19.2 Å². The lowest BCUT2D eigenvalue weighted by Gasteiger charge is -2.14. The fourth-order valence-electron chi connectivity index (χ4n) is 1.39. The number of hydrogen-bond donors (Lipinski definition) is 0. The Morgan fingerprint density at radius 2 is 2.00 bits per heavy atom. The van der Waals surface area contributed by atoms with Crippen molar-refractivity contribution in [3.8, 4) is 0 Å². The van der Waals surface area contributed by atoms with Gasteiger partial charge in [-0.3, -0.25) is 4.79 Å². The van der Waals surface area contributed by atoms with Gasteiger partial charge >= 0.3 is 0 Å². The molecule has 3 heteroatoms. The Kier molecular flexibility index (Phi) is 4.09. The van der Waals surface area contributed by atoms with Gasteiger partial charge in [-0.25, -0.2) is 0 Å². The SMILES string of the molecule is COC(C)Cn1cc(C(C)C)ccc1=O. The number of pyridine rings is 1. The van der Waals surface area contributed by atoms with Crippen LogP contribution in [0.25, 0.3) is 0 Å². The molecule has 1 atom stereocenters. The number of hydrogen-bond acceptors (Lipinski definition) is 2. The summed E-state index contributed by atoms with van der Waals surface area (Å²) in [5.41, 5.74) is 1.21. The summed E-state index contributed by atoms with van der Waals surface area (Å²) >= 11 is 0. The molecule has 0 aliphatic carbocycles. The van der Waals surface area contributed by atoms with E-state index in [1.165, 1.54) is 5.56 Å². The highest BCUT2D eigenvalue weighted by atomic mass is 16.5. The lowest BCUT2D eigenvalue weighted by atomic mass is 10.1. The first-order valence-electron chi connectivity index (χ1n) is 5.27. The minimum absolute atomic E-state index is 0.0308. The maximum atomic E-state index is 11.6. The van der Waals surface area contributed by atoms with Gasteiger partial charge in [0.2, 0.25) is 0 Å². The third-order valence-electron chi connectivity index (χ3n) is 2.53. The summed E-state index contributed by atoms with van der Waals surface area (Å²) in [4.78, 5) is 11.6. The van der Waals surface area contributed by atoms with Crippen molar-refractivity contribution in [1.29, 1.82) is 0 Å². The average Bonchev–Trinajstić information content (AvgIpc) is 2.20. The molecule has 0 saturated heterocycles. The van der Waals surface area contributed by atoms with Crippen molar-refractivity contribution in [1.82, 2.24) is 4.57 Å². The second kappa shape index (κ2) is 5.12. The van der Waals surface area contributed by atoms with Crippen LogP contribution in [0.1, 0.15) is 32.3 Å². The molecule has 0 aliphatic rings. The van der Waals surface area contributed by atoms with E-state index in [2.05, 4.69) is 13.8 Å². The van der Waals surface area contributed by atoms with Gasteiger partial charge in [-0.2, -0.15) is 0 Å². The minimum Gasteiger partial charge on any atom is -0.380 e. The molecule has 15 heavy (non-hydrogen) atoms.